The van der Waals surface area contributed by atoms with E-state index >= 15 is 0 Å². The zero-order valence-electron chi connectivity index (χ0n) is 15.3. The number of Topliss-reactive ketones (excluding diaryl/α,β-unsaturated/α-hetero) is 1. The highest BCUT2D eigenvalue weighted by Gasteiger charge is 2.25. The highest BCUT2D eigenvalue weighted by molar-refractivity contribution is 6.32. The van der Waals surface area contributed by atoms with Gasteiger partial charge in [-0.05, 0) is 38.5 Å². The molecule has 0 atom stereocenters. The largest absolute Gasteiger partial charge is 0.462 e. The van der Waals surface area contributed by atoms with E-state index in [1.165, 1.54) is 24.3 Å². The Kier molecular flexibility index (Phi) is 6.33. The monoisotopic (exact) mass is 401 g/mol. The van der Waals surface area contributed by atoms with Crippen molar-refractivity contribution in [2.45, 2.75) is 20.8 Å². The van der Waals surface area contributed by atoms with E-state index < -0.39 is 16.7 Å². The minimum Gasteiger partial charge on any atom is -0.462 e. The van der Waals surface area contributed by atoms with Gasteiger partial charge in [0.15, 0.2) is 0 Å². The van der Waals surface area contributed by atoms with Crippen molar-refractivity contribution in [2.24, 2.45) is 0 Å². The summed E-state index contributed by atoms with van der Waals surface area (Å²) in [4.78, 5) is 38.1. The van der Waals surface area contributed by atoms with Gasteiger partial charge in [-0.1, -0.05) is 11.6 Å². The van der Waals surface area contributed by atoms with Crippen LogP contribution in [0.2, 0.25) is 5.02 Å². The second-order valence-electron chi connectivity index (χ2n) is 5.81. The third kappa shape index (κ3) is 4.10. The number of benzene rings is 1. The molecule has 0 amide bonds. The van der Waals surface area contributed by atoms with Crippen LogP contribution in [0.3, 0.4) is 0 Å². The van der Waals surface area contributed by atoms with Crippen LogP contribution in [0, 0.1) is 35.3 Å². The fourth-order valence-corrected chi connectivity index (χ4v) is 2.85. The number of aromatic amines is 1. The van der Waals surface area contributed by atoms with E-state index in [0.717, 1.165) is 0 Å². The van der Waals surface area contributed by atoms with Crippen molar-refractivity contribution >= 4 is 35.1 Å². The van der Waals surface area contributed by atoms with Gasteiger partial charge in [0.25, 0.3) is 5.69 Å². The molecule has 2 rings (SSSR count). The number of nitro benzene ring substituents is 1. The van der Waals surface area contributed by atoms with E-state index in [-0.39, 0.29) is 39.7 Å². The average Bonchev–Trinajstić information content (AvgIpc) is 2.94. The summed E-state index contributed by atoms with van der Waals surface area (Å²) >= 11 is 6.03. The smallest absolute Gasteiger partial charge is 0.340 e. The number of hydrogen-bond donors (Lipinski definition) is 1. The van der Waals surface area contributed by atoms with Crippen LogP contribution < -0.4 is 0 Å². The summed E-state index contributed by atoms with van der Waals surface area (Å²) in [5, 5.41) is 20.5. The molecule has 0 aliphatic rings. The van der Waals surface area contributed by atoms with Crippen LogP contribution in [-0.2, 0) is 4.74 Å². The zero-order chi connectivity index (χ0) is 21.0. The van der Waals surface area contributed by atoms with E-state index in [1.54, 1.807) is 26.8 Å². The van der Waals surface area contributed by atoms with Crippen molar-refractivity contribution in [1.29, 1.82) is 5.26 Å². The van der Waals surface area contributed by atoms with Crippen LogP contribution in [0.4, 0.5) is 5.69 Å². The number of nitro groups is 1. The maximum absolute atomic E-state index is 12.8. The maximum atomic E-state index is 12.8. The van der Waals surface area contributed by atoms with E-state index in [0.29, 0.717) is 11.3 Å². The van der Waals surface area contributed by atoms with Gasteiger partial charge in [0.1, 0.15) is 11.6 Å². The molecule has 9 heteroatoms. The number of hydrogen-bond acceptors (Lipinski definition) is 6. The Morgan fingerprint density at radius 1 is 1.39 bits per heavy atom. The first kappa shape index (κ1) is 20.9. The lowest BCUT2D eigenvalue weighted by Crippen LogP contribution is -2.08. The fourth-order valence-electron chi connectivity index (χ4n) is 2.68. The average molecular weight is 402 g/mol. The quantitative estimate of drug-likeness (QED) is 0.193. The number of ether oxygens (including phenoxy) is 1. The Morgan fingerprint density at radius 3 is 2.64 bits per heavy atom. The molecule has 0 saturated heterocycles. The van der Waals surface area contributed by atoms with Crippen LogP contribution >= 0.6 is 11.6 Å². The summed E-state index contributed by atoms with van der Waals surface area (Å²) in [6, 6.07) is 5.49. The van der Waals surface area contributed by atoms with Gasteiger partial charge in [0.2, 0.25) is 5.78 Å². The second-order valence-corrected chi connectivity index (χ2v) is 6.21. The Labute approximate surface area is 165 Å². The van der Waals surface area contributed by atoms with Gasteiger partial charge < -0.3 is 9.72 Å². The minimum atomic E-state index is -0.666. The van der Waals surface area contributed by atoms with Crippen molar-refractivity contribution in [3.8, 4) is 6.07 Å². The van der Waals surface area contributed by atoms with Crippen molar-refractivity contribution in [1.82, 2.24) is 4.98 Å². The van der Waals surface area contributed by atoms with Gasteiger partial charge >= 0.3 is 5.97 Å². The van der Waals surface area contributed by atoms with Crippen molar-refractivity contribution in [3.63, 3.8) is 0 Å². The number of aromatic nitrogens is 1. The third-order valence-electron chi connectivity index (χ3n) is 4.00. The Balaban J connectivity index is 2.51. The number of carbonyl (C=O) groups excluding carboxylic acids is 2. The molecule has 1 N–H and O–H groups in total. The molecule has 0 saturated carbocycles. The number of carbonyl (C=O) groups is 2. The van der Waals surface area contributed by atoms with E-state index in [2.05, 4.69) is 4.98 Å². The summed E-state index contributed by atoms with van der Waals surface area (Å²) in [5.41, 5.74) is 0.731. The Bertz CT molecular complexity index is 1050. The number of rotatable bonds is 6. The second kappa shape index (κ2) is 8.50. The number of allylic oxidation sites excluding steroid dienone is 1. The molecule has 0 fully saturated rings. The number of H-pyrrole nitrogens is 1. The number of aryl methyl sites for hydroxylation is 1. The first-order valence-electron chi connectivity index (χ1n) is 8.17. The lowest BCUT2D eigenvalue weighted by molar-refractivity contribution is -0.384. The molecular weight excluding hydrogens is 386 g/mol. The van der Waals surface area contributed by atoms with E-state index in [1.807, 2.05) is 0 Å². The number of nitrogens with zero attached hydrogens (tertiary/aromatic N) is 2. The molecule has 0 bridgehead atoms. The molecule has 2 aromatic rings. The molecule has 0 spiro atoms. The van der Waals surface area contributed by atoms with Gasteiger partial charge in [-0.3, -0.25) is 14.9 Å². The molecule has 0 aliphatic carbocycles. The van der Waals surface area contributed by atoms with Crippen LogP contribution in [0.15, 0.2) is 23.8 Å². The van der Waals surface area contributed by atoms with Crippen molar-refractivity contribution < 1.29 is 19.2 Å². The Morgan fingerprint density at radius 2 is 2.07 bits per heavy atom. The highest BCUT2D eigenvalue weighted by atomic mass is 35.5. The number of halogens is 1. The number of ketones is 1. The molecule has 144 valence electrons. The number of nitriles is 1. The van der Waals surface area contributed by atoms with E-state index in [4.69, 9.17) is 16.3 Å². The maximum Gasteiger partial charge on any atom is 0.340 e. The molecule has 1 aromatic heterocycles. The molecule has 1 heterocycles. The summed E-state index contributed by atoms with van der Waals surface area (Å²) < 4.78 is 4.99. The molecule has 0 unspecified atom stereocenters. The zero-order valence-corrected chi connectivity index (χ0v) is 16.1. The van der Waals surface area contributed by atoms with Crippen LogP contribution in [0.1, 0.15) is 44.6 Å². The van der Waals surface area contributed by atoms with Gasteiger partial charge in [0.05, 0.1) is 22.8 Å². The molecule has 28 heavy (non-hydrogen) atoms. The number of nitrogens with one attached hydrogen (secondary N) is 1. The topological polar surface area (TPSA) is 126 Å². The number of non-ortho nitro benzene ring substituents is 1. The SMILES string of the molecule is CCOC(=O)c1c(C)[nH]c(C(=O)/C(C#N)=C/c2cc([N+](=O)[O-])ccc2Cl)c1C. The Hall–Kier alpha value is -3.44. The lowest BCUT2D eigenvalue weighted by Gasteiger charge is -2.03. The minimum absolute atomic E-state index is 0.0647. The van der Waals surface area contributed by atoms with Gasteiger partial charge in [-0.15, -0.1) is 0 Å². The van der Waals surface area contributed by atoms with Gasteiger partial charge in [-0.2, -0.15) is 5.26 Å². The van der Waals surface area contributed by atoms with Crippen LogP contribution in [0.5, 0.6) is 0 Å². The number of esters is 1. The first-order valence-corrected chi connectivity index (χ1v) is 8.55. The lowest BCUT2D eigenvalue weighted by atomic mass is 10.0. The van der Waals surface area contributed by atoms with Gasteiger partial charge in [-0.25, -0.2) is 4.79 Å². The van der Waals surface area contributed by atoms with Crippen LogP contribution in [0.25, 0.3) is 6.08 Å². The predicted molar refractivity (Wildman–Crippen MR) is 102 cm³/mol. The standard InChI is InChI=1S/C19H16ClN3O5/c1-4-28-19(25)16-10(2)17(22-11(16)3)18(24)13(9-21)7-12-8-14(23(26)27)5-6-15(12)20/h5-8,22H,4H2,1-3H3/b13-7+. The van der Waals surface area contributed by atoms with E-state index in [9.17, 15) is 25.0 Å². The normalized spacial score (nSPS) is 11.0. The van der Waals surface area contributed by atoms with Crippen molar-refractivity contribution in [3.05, 3.63) is 67.0 Å². The fraction of sp³-hybridized carbons (Fsp3) is 0.211. The van der Waals surface area contributed by atoms with Crippen molar-refractivity contribution in [2.75, 3.05) is 6.61 Å². The predicted octanol–water partition coefficient (Wildman–Crippen LogP) is 4.16. The summed E-state index contributed by atoms with van der Waals surface area (Å²) in [6.45, 7) is 5.03. The molecular formula is C19H16ClN3O5. The summed E-state index contributed by atoms with van der Waals surface area (Å²) in [5.74, 6) is -1.24. The first-order chi connectivity index (χ1) is 13.2. The highest BCUT2D eigenvalue weighted by Crippen LogP contribution is 2.26. The third-order valence-corrected chi connectivity index (χ3v) is 4.34. The summed E-state index contributed by atoms with van der Waals surface area (Å²) in [6.07, 6.45) is 1.18. The molecule has 1 aromatic carbocycles. The molecule has 8 nitrogen and oxygen atoms in total. The molecule has 0 aliphatic heterocycles. The van der Waals surface area contributed by atoms with Crippen LogP contribution in [-0.4, -0.2) is 28.3 Å². The summed E-state index contributed by atoms with van der Waals surface area (Å²) in [7, 11) is 0. The molecule has 0 radical (unpaired) electrons. The van der Waals surface area contributed by atoms with Gasteiger partial charge in [0, 0.05) is 28.4 Å².